The van der Waals surface area contributed by atoms with Gasteiger partial charge in [0.2, 0.25) is 0 Å². The highest BCUT2D eigenvalue weighted by molar-refractivity contribution is 9.12. The van der Waals surface area contributed by atoms with E-state index in [0.717, 1.165) is 22.6 Å². The highest BCUT2D eigenvalue weighted by Gasteiger charge is 2.18. The van der Waals surface area contributed by atoms with Gasteiger partial charge >= 0.3 is 0 Å². The summed E-state index contributed by atoms with van der Waals surface area (Å²) in [6.07, 6.45) is 0. The van der Waals surface area contributed by atoms with Crippen LogP contribution < -0.4 is 0 Å². The molecule has 0 nitrogen and oxygen atoms in total. The summed E-state index contributed by atoms with van der Waals surface area (Å²) in [5, 5.41) is 0.746. The van der Waals surface area contributed by atoms with Crippen LogP contribution in [0.25, 0.3) is 0 Å². The van der Waals surface area contributed by atoms with Crippen LogP contribution in [0.4, 0.5) is 0 Å². The van der Waals surface area contributed by atoms with Crippen LogP contribution in [0.1, 0.15) is 16.0 Å². The molecule has 17 heavy (non-hydrogen) atoms. The fourth-order valence-corrected chi connectivity index (χ4v) is 6.44. The van der Waals surface area contributed by atoms with Crippen molar-refractivity contribution in [2.75, 3.05) is 0 Å². The second-order valence-electron chi connectivity index (χ2n) is 3.31. The van der Waals surface area contributed by atoms with Crippen LogP contribution in [0.15, 0.2) is 36.3 Å². The first-order chi connectivity index (χ1) is 7.99. The zero-order valence-electron chi connectivity index (χ0n) is 8.18. The Hall–Kier alpha value is 1.13. The molecule has 0 fully saturated rings. The van der Waals surface area contributed by atoms with Crippen LogP contribution in [-0.2, 0) is 0 Å². The van der Waals surface area contributed by atoms with Crippen LogP contribution in [-0.4, -0.2) is 0 Å². The Morgan fingerprint density at radius 1 is 1.06 bits per heavy atom. The summed E-state index contributed by atoms with van der Waals surface area (Å²) in [4.78, 5) is 0.0834. The molecule has 0 amide bonds. The number of halogens is 5. The van der Waals surface area contributed by atoms with Crippen molar-refractivity contribution in [2.45, 2.75) is 4.83 Å². The van der Waals surface area contributed by atoms with Gasteiger partial charge in [-0.3, -0.25) is 0 Å². The molecule has 0 saturated carbocycles. The summed E-state index contributed by atoms with van der Waals surface area (Å²) in [6.45, 7) is 0. The molecule has 1 aromatic heterocycles. The standard InChI is InChI=1S/C11H5Br4ClS/c12-5-1-2-6(8(16)3-5)10(14)7-4-9(13)17-11(7)15/h1-4,10H. The maximum absolute atomic E-state index is 6.25. The molecule has 1 aromatic carbocycles. The number of benzene rings is 1. The highest BCUT2D eigenvalue weighted by Crippen LogP contribution is 2.43. The predicted molar refractivity (Wildman–Crippen MR) is 89.6 cm³/mol. The lowest BCUT2D eigenvalue weighted by atomic mass is 10.1. The van der Waals surface area contributed by atoms with E-state index < -0.39 is 0 Å². The minimum absolute atomic E-state index is 0.0834. The van der Waals surface area contributed by atoms with Gasteiger partial charge in [0.15, 0.2) is 0 Å². The van der Waals surface area contributed by atoms with Gasteiger partial charge in [0.05, 0.1) is 12.4 Å². The Kier molecular flexibility index (Phi) is 5.18. The molecule has 0 aliphatic rings. The Morgan fingerprint density at radius 3 is 2.29 bits per heavy atom. The molecule has 0 aliphatic carbocycles. The summed E-state index contributed by atoms with van der Waals surface area (Å²) in [5.74, 6) is 0. The summed E-state index contributed by atoms with van der Waals surface area (Å²) < 4.78 is 3.18. The van der Waals surface area contributed by atoms with Crippen molar-refractivity contribution >= 4 is 86.7 Å². The Balaban J connectivity index is 2.43. The van der Waals surface area contributed by atoms with E-state index in [4.69, 9.17) is 11.6 Å². The van der Waals surface area contributed by atoms with Crippen molar-refractivity contribution in [3.05, 3.63) is 52.5 Å². The van der Waals surface area contributed by atoms with E-state index in [-0.39, 0.29) is 4.83 Å². The van der Waals surface area contributed by atoms with Crippen molar-refractivity contribution < 1.29 is 0 Å². The first-order valence-electron chi connectivity index (χ1n) is 4.53. The second kappa shape index (κ2) is 6.06. The van der Waals surface area contributed by atoms with Crippen LogP contribution in [0.5, 0.6) is 0 Å². The summed E-state index contributed by atoms with van der Waals surface area (Å²) in [5.41, 5.74) is 2.23. The number of thiophene rings is 1. The first kappa shape index (κ1) is 14.5. The zero-order valence-corrected chi connectivity index (χ0v) is 16.1. The molecule has 1 heterocycles. The van der Waals surface area contributed by atoms with Crippen LogP contribution >= 0.6 is 86.7 Å². The molecule has 0 spiro atoms. The molecule has 1 unspecified atom stereocenters. The van der Waals surface area contributed by atoms with Crippen LogP contribution in [0, 0.1) is 0 Å². The van der Waals surface area contributed by atoms with Gasteiger partial charge < -0.3 is 0 Å². The summed E-state index contributed by atoms with van der Waals surface area (Å²) in [6, 6.07) is 8.00. The van der Waals surface area contributed by atoms with E-state index in [1.54, 1.807) is 11.3 Å². The third-order valence-electron chi connectivity index (χ3n) is 2.19. The van der Waals surface area contributed by atoms with E-state index in [9.17, 15) is 0 Å². The molecule has 0 aliphatic heterocycles. The topological polar surface area (TPSA) is 0 Å². The zero-order chi connectivity index (χ0) is 12.6. The van der Waals surface area contributed by atoms with E-state index in [1.165, 1.54) is 5.56 Å². The number of hydrogen-bond acceptors (Lipinski definition) is 1. The maximum atomic E-state index is 6.25. The minimum atomic E-state index is 0.0834. The van der Waals surface area contributed by atoms with Gasteiger partial charge in [-0.2, -0.15) is 0 Å². The maximum Gasteiger partial charge on any atom is 0.0757 e. The number of alkyl halides is 1. The van der Waals surface area contributed by atoms with Crippen molar-refractivity contribution in [2.24, 2.45) is 0 Å². The molecule has 2 rings (SSSR count). The second-order valence-corrected chi connectivity index (χ2v) is 9.30. The lowest BCUT2D eigenvalue weighted by Gasteiger charge is -2.11. The lowest BCUT2D eigenvalue weighted by Crippen LogP contribution is -1.92. The van der Waals surface area contributed by atoms with Crippen LogP contribution in [0.3, 0.4) is 0 Å². The largest absolute Gasteiger partial charge is 0.121 e. The van der Waals surface area contributed by atoms with Crippen LogP contribution in [0.2, 0.25) is 5.02 Å². The lowest BCUT2D eigenvalue weighted by molar-refractivity contribution is 1.18. The van der Waals surface area contributed by atoms with Gasteiger partial charge in [-0.15, -0.1) is 11.3 Å². The molecule has 6 heteroatoms. The number of hydrogen-bond donors (Lipinski definition) is 0. The van der Waals surface area contributed by atoms with E-state index in [1.807, 2.05) is 18.2 Å². The fourth-order valence-electron chi connectivity index (χ4n) is 1.40. The molecule has 2 aromatic rings. The Labute approximate surface area is 142 Å². The molecule has 0 N–H and O–H groups in total. The first-order valence-corrected chi connectivity index (χ1v) is 9.01. The molecule has 0 radical (unpaired) electrons. The normalized spacial score (nSPS) is 12.8. The summed E-state index contributed by atoms with van der Waals surface area (Å²) >= 11 is 22.0. The monoisotopic (exact) mass is 520 g/mol. The average molecular weight is 524 g/mol. The Bertz CT molecular complexity index is 552. The summed E-state index contributed by atoms with van der Waals surface area (Å²) in [7, 11) is 0. The van der Waals surface area contributed by atoms with Gasteiger partial charge in [-0.1, -0.05) is 49.5 Å². The molecule has 1 atom stereocenters. The fraction of sp³-hybridized carbons (Fsp3) is 0.0909. The van der Waals surface area contributed by atoms with Crippen molar-refractivity contribution in [3.8, 4) is 0 Å². The van der Waals surface area contributed by atoms with Gasteiger partial charge in [0.1, 0.15) is 0 Å². The van der Waals surface area contributed by atoms with Gasteiger partial charge in [-0.05, 0) is 61.2 Å². The van der Waals surface area contributed by atoms with E-state index >= 15 is 0 Å². The van der Waals surface area contributed by atoms with Crippen molar-refractivity contribution in [3.63, 3.8) is 0 Å². The van der Waals surface area contributed by atoms with Gasteiger partial charge in [0, 0.05) is 9.50 Å². The van der Waals surface area contributed by atoms with E-state index in [2.05, 4.69) is 69.8 Å². The molecular formula is C11H5Br4ClS. The minimum Gasteiger partial charge on any atom is -0.121 e. The molecular weight excluding hydrogens is 519 g/mol. The Morgan fingerprint density at radius 2 is 1.76 bits per heavy atom. The third kappa shape index (κ3) is 3.37. The third-order valence-corrected chi connectivity index (χ3v) is 6.38. The molecule has 0 saturated heterocycles. The predicted octanol–water partition coefficient (Wildman–Crippen LogP) is 7.17. The average Bonchev–Trinajstić information content (AvgIpc) is 2.57. The SMILES string of the molecule is Clc1cc(Br)ccc1C(Br)c1cc(Br)sc1Br. The van der Waals surface area contributed by atoms with Gasteiger partial charge in [-0.25, -0.2) is 0 Å². The molecule has 0 bridgehead atoms. The van der Waals surface area contributed by atoms with E-state index in [0.29, 0.717) is 0 Å². The number of rotatable bonds is 2. The van der Waals surface area contributed by atoms with Crippen molar-refractivity contribution in [1.29, 1.82) is 0 Å². The quantitative estimate of drug-likeness (QED) is 0.366. The highest BCUT2D eigenvalue weighted by atomic mass is 79.9. The van der Waals surface area contributed by atoms with Gasteiger partial charge in [0.25, 0.3) is 0 Å². The van der Waals surface area contributed by atoms with Crippen molar-refractivity contribution in [1.82, 2.24) is 0 Å². The molecule has 90 valence electrons. The smallest absolute Gasteiger partial charge is 0.0757 e.